The first-order valence-electron chi connectivity index (χ1n) is 8.76. The average Bonchev–Trinajstić information content (AvgIpc) is 2.69. The van der Waals surface area contributed by atoms with Gasteiger partial charge >= 0.3 is 0 Å². The molecule has 0 aliphatic heterocycles. The monoisotopic (exact) mass is 288 g/mol. The van der Waals surface area contributed by atoms with Crippen LogP contribution in [0.3, 0.4) is 0 Å². The molecule has 0 saturated heterocycles. The van der Waals surface area contributed by atoms with Gasteiger partial charge in [0.1, 0.15) is 0 Å². The van der Waals surface area contributed by atoms with E-state index in [4.69, 9.17) is 5.73 Å². The Balaban J connectivity index is 2.04. The molecule has 4 atom stereocenters. The van der Waals surface area contributed by atoms with E-state index in [2.05, 4.69) is 45.3 Å². The van der Waals surface area contributed by atoms with Gasteiger partial charge in [-0.1, -0.05) is 40.5 Å². The quantitative estimate of drug-likeness (QED) is 0.793. The van der Waals surface area contributed by atoms with Crippen LogP contribution in [-0.2, 0) is 6.42 Å². The summed E-state index contributed by atoms with van der Waals surface area (Å²) < 4.78 is 2.68. The van der Waals surface area contributed by atoms with Crippen LogP contribution in [0.5, 0.6) is 0 Å². The lowest BCUT2D eigenvalue weighted by Crippen LogP contribution is -2.33. The van der Waals surface area contributed by atoms with Gasteiger partial charge in [0.05, 0.1) is 0 Å². The Hall–Kier alpha value is -0.760. The molecule has 2 aliphatic carbocycles. The van der Waals surface area contributed by atoms with Crippen LogP contribution in [0.2, 0.25) is 0 Å². The standard InChI is InChI=1S/C19H32N2/c1-12-7-6-8-17(14(12)3)21-13(2)9-15-16(20)10-19(4,5)11-18(15)21/h9,12,14,16-17H,6-8,10-11,20H2,1-5H3. The molecular weight excluding hydrogens is 256 g/mol. The molecule has 2 aliphatic rings. The van der Waals surface area contributed by atoms with Crippen LogP contribution >= 0.6 is 0 Å². The summed E-state index contributed by atoms with van der Waals surface area (Å²) in [5.74, 6) is 1.61. The Labute approximate surface area is 130 Å². The van der Waals surface area contributed by atoms with Crippen molar-refractivity contribution in [3.05, 3.63) is 23.0 Å². The highest BCUT2D eigenvalue weighted by Gasteiger charge is 2.37. The van der Waals surface area contributed by atoms with E-state index in [1.807, 2.05) is 0 Å². The van der Waals surface area contributed by atoms with Gasteiger partial charge in [-0.15, -0.1) is 0 Å². The molecular formula is C19H32N2. The number of fused-ring (bicyclic) bond motifs is 1. The number of nitrogens with zero attached hydrogens (tertiary/aromatic N) is 1. The van der Waals surface area contributed by atoms with Crippen molar-refractivity contribution < 1.29 is 0 Å². The van der Waals surface area contributed by atoms with Crippen LogP contribution in [0.4, 0.5) is 0 Å². The average molecular weight is 288 g/mol. The van der Waals surface area contributed by atoms with Crippen molar-refractivity contribution >= 4 is 0 Å². The summed E-state index contributed by atoms with van der Waals surface area (Å²) in [5, 5.41) is 0. The third kappa shape index (κ3) is 2.56. The van der Waals surface area contributed by atoms with Gasteiger partial charge in [0, 0.05) is 23.5 Å². The zero-order valence-corrected chi connectivity index (χ0v) is 14.4. The molecule has 0 spiro atoms. The Kier molecular flexibility index (Phi) is 3.72. The minimum atomic E-state index is 0.222. The molecule has 1 fully saturated rings. The van der Waals surface area contributed by atoms with Gasteiger partial charge in [0.15, 0.2) is 0 Å². The predicted molar refractivity (Wildman–Crippen MR) is 89.4 cm³/mol. The van der Waals surface area contributed by atoms with E-state index in [0.717, 1.165) is 18.3 Å². The van der Waals surface area contributed by atoms with Crippen LogP contribution in [0.25, 0.3) is 0 Å². The van der Waals surface area contributed by atoms with Gasteiger partial charge in [0.25, 0.3) is 0 Å². The van der Waals surface area contributed by atoms with E-state index in [-0.39, 0.29) is 6.04 Å². The smallest absolute Gasteiger partial charge is 0.0364 e. The molecule has 0 aromatic carbocycles. The maximum absolute atomic E-state index is 6.48. The molecule has 2 nitrogen and oxygen atoms in total. The number of aryl methyl sites for hydroxylation is 1. The molecule has 4 unspecified atom stereocenters. The molecule has 1 aromatic heterocycles. The maximum Gasteiger partial charge on any atom is 0.0364 e. The fraction of sp³-hybridized carbons (Fsp3) is 0.789. The van der Waals surface area contributed by atoms with E-state index in [1.54, 1.807) is 5.69 Å². The minimum absolute atomic E-state index is 0.222. The second kappa shape index (κ2) is 5.15. The Bertz CT molecular complexity index is 526. The van der Waals surface area contributed by atoms with E-state index in [9.17, 15) is 0 Å². The van der Waals surface area contributed by atoms with Gasteiger partial charge in [-0.3, -0.25) is 0 Å². The largest absolute Gasteiger partial charge is 0.345 e. The highest BCUT2D eigenvalue weighted by molar-refractivity contribution is 5.34. The number of aromatic nitrogens is 1. The third-order valence-electron chi connectivity index (χ3n) is 6.18. The van der Waals surface area contributed by atoms with Crippen molar-refractivity contribution in [3.63, 3.8) is 0 Å². The Morgan fingerprint density at radius 3 is 2.67 bits per heavy atom. The first-order valence-corrected chi connectivity index (χ1v) is 8.76. The fourth-order valence-electron chi connectivity index (χ4n) is 4.85. The summed E-state index contributed by atoms with van der Waals surface area (Å²) >= 11 is 0. The molecule has 1 aromatic rings. The van der Waals surface area contributed by atoms with Crippen LogP contribution in [0, 0.1) is 24.2 Å². The molecule has 0 radical (unpaired) electrons. The Morgan fingerprint density at radius 1 is 1.24 bits per heavy atom. The maximum atomic E-state index is 6.48. The number of hydrogen-bond acceptors (Lipinski definition) is 1. The highest BCUT2D eigenvalue weighted by Crippen LogP contribution is 2.45. The molecule has 118 valence electrons. The molecule has 3 rings (SSSR count). The van der Waals surface area contributed by atoms with Crippen LogP contribution in [0.15, 0.2) is 6.07 Å². The molecule has 0 amide bonds. The molecule has 2 N–H and O–H groups in total. The van der Waals surface area contributed by atoms with Crippen molar-refractivity contribution in [3.8, 4) is 0 Å². The van der Waals surface area contributed by atoms with Crippen molar-refractivity contribution in [1.29, 1.82) is 0 Å². The van der Waals surface area contributed by atoms with Crippen molar-refractivity contribution in [2.75, 3.05) is 0 Å². The summed E-state index contributed by atoms with van der Waals surface area (Å²) in [7, 11) is 0. The zero-order chi connectivity index (χ0) is 15.4. The van der Waals surface area contributed by atoms with Crippen molar-refractivity contribution in [1.82, 2.24) is 4.57 Å². The van der Waals surface area contributed by atoms with Gasteiger partial charge in [-0.05, 0) is 55.1 Å². The summed E-state index contributed by atoms with van der Waals surface area (Å²) in [6, 6.07) is 3.28. The van der Waals surface area contributed by atoms with Crippen molar-refractivity contribution in [2.45, 2.75) is 78.8 Å². The molecule has 1 heterocycles. The number of nitrogens with two attached hydrogens (primary N) is 1. The lowest BCUT2D eigenvalue weighted by molar-refractivity contribution is 0.175. The number of rotatable bonds is 1. The first-order chi connectivity index (χ1) is 9.80. The minimum Gasteiger partial charge on any atom is -0.345 e. The molecule has 21 heavy (non-hydrogen) atoms. The summed E-state index contributed by atoms with van der Waals surface area (Å²) in [6.45, 7) is 11.9. The van der Waals surface area contributed by atoms with E-state index in [0.29, 0.717) is 11.5 Å². The van der Waals surface area contributed by atoms with Gasteiger partial charge in [-0.25, -0.2) is 0 Å². The number of hydrogen-bond donors (Lipinski definition) is 1. The zero-order valence-electron chi connectivity index (χ0n) is 14.4. The van der Waals surface area contributed by atoms with E-state index in [1.165, 1.54) is 36.9 Å². The van der Waals surface area contributed by atoms with Crippen LogP contribution in [0.1, 0.15) is 82.4 Å². The first kappa shape index (κ1) is 15.1. The summed E-state index contributed by atoms with van der Waals surface area (Å²) in [4.78, 5) is 0. The van der Waals surface area contributed by atoms with E-state index >= 15 is 0 Å². The lowest BCUT2D eigenvalue weighted by Gasteiger charge is -2.40. The SMILES string of the molecule is Cc1cc2c(n1C1CCCC(C)C1C)CC(C)(C)CC2N. The molecule has 0 bridgehead atoms. The van der Waals surface area contributed by atoms with Gasteiger partial charge in [0.2, 0.25) is 0 Å². The Morgan fingerprint density at radius 2 is 1.95 bits per heavy atom. The lowest BCUT2D eigenvalue weighted by atomic mass is 9.74. The normalized spacial score (nSPS) is 35.5. The highest BCUT2D eigenvalue weighted by atomic mass is 15.0. The summed E-state index contributed by atoms with van der Waals surface area (Å²) in [5.41, 5.74) is 11.2. The predicted octanol–water partition coefficient (Wildman–Crippen LogP) is 4.77. The van der Waals surface area contributed by atoms with Crippen LogP contribution in [-0.4, -0.2) is 4.57 Å². The fourth-order valence-corrected chi connectivity index (χ4v) is 4.85. The van der Waals surface area contributed by atoms with Crippen LogP contribution < -0.4 is 5.73 Å². The molecule has 2 heteroatoms. The van der Waals surface area contributed by atoms with Gasteiger partial charge < -0.3 is 10.3 Å². The second-order valence-corrected chi connectivity index (χ2v) is 8.54. The summed E-state index contributed by atoms with van der Waals surface area (Å²) in [6.07, 6.45) is 6.40. The topological polar surface area (TPSA) is 30.9 Å². The molecule has 1 saturated carbocycles. The second-order valence-electron chi connectivity index (χ2n) is 8.54. The van der Waals surface area contributed by atoms with E-state index < -0.39 is 0 Å². The van der Waals surface area contributed by atoms with Gasteiger partial charge in [-0.2, -0.15) is 0 Å². The third-order valence-corrected chi connectivity index (χ3v) is 6.18. The van der Waals surface area contributed by atoms with Crippen molar-refractivity contribution in [2.24, 2.45) is 23.0 Å².